The molecular formula is C9H11F2N3O3. The molecule has 0 radical (unpaired) electrons. The third-order valence-electron chi connectivity index (χ3n) is 2.01. The molecule has 0 aliphatic heterocycles. The molecule has 17 heavy (non-hydrogen) atoms. The van der Waals surface area contributed by atoms with Gasteiger partial charge in [0.05, 0.1) is 18.8 Å². The zero-order valence-electron chi connectivity index (χ0n) is 8.79. The molecule has 0 saturated carbocycles. The lowest BCUT2D eigenvalue weighted by molar-refractivity contribution is -0.389. The predicted octanol–water partition coefficient (Wildman–Crippen LogP) is 1.05. The van der Waals surface area contributed by atoms with E-state index in [-0.39, 0.29) is 19.0 Å². The van der Waals surface area contributed by atoms with E-state index < -0.39 is 17.9 Å². The molecule has 6 nitrogen and oxygen atoms in total. The highest BCUT2D eigenvalue weighted by molar-refractivity contribution is 5.46. The van der Waals surface area contributed by atoms with Crippen molar-refractivity contribution in [3.05, 3.63) is 28.4 Å². The fraction of sp³-hybridized carbons (Fsp3) is 0.444. The van der Waals surface area contributed by atoms with Crippen LogP contribution in [0.5, 0.6) is 0 Å². The number of nitrogens with zero attached hydrogens (tertiary/aromatic N) is 3. The average Bonchev–Trinajstić information content (AvgIpc) is 2.28. The third kappa shape index (κ3) is 3.91. The van der Waals surface area contributed by atoms with Gasteiger partial charge in [0, 0.05) is 12.6 Å². The lowest BCUT2D eigenvalue weighted by Crippen LogP contribution is -2.31. The van der Waals surface area contributed by atoms with Gasteiger partial charge in [-0.2, -0.15) is 0 Å². The van der Waals surface area contributed by atoms with Crippen molar-refractivity contribution >= 4 is 11.5 Å². The van der Waals surface area contributed by atoms with Gasteiger partial charge in [0.25, 0.3) is 6.43 Å². The van der Waals surface area contributed by atoms with Gasteiger partial charge in [0.2, 0.25) is 0 Å². The van der Waals surface area contributed by atoms with Crippen molar-refractivity contribution < 1.29 is 18.8 Å². The zero-order chi connectivity index (χ0) is 12.8. The van der Waals surface area contributed by atoms with E-state index in [2.05, 4.69) is 4.98 Å². The molecule has 0 atom stereocenters. The van der Waals surface area contributed by atoms with Crippen molar-refractivity contribution in [2.24, 2.45) is 0 Å². The molecule has 0 unspecified atom stereocenters. The average molecular weight is 247 g/mol. The summed E-state index contributed by atoms with van der Waals surface area (Å²) in [7, 11) is 0. The maximum absolute atomic E-state index is 12.2. The van der Waals surface area contributed by atoms with E-state index in [0.29, 0.717) is 5.69 Å². The number of hydrogen-bond donors (Lipinski definition) is 1. The van der Waals surface area contributed by atoms with Gasteiger partial charge < -0.3 is 20.1 Å². The quantitative estimate of drug-likeness (QED) is 0.600. The summed E-state index contributed by atoms with van der Waals surface area (Å²) in [6.07, 6.45) is -1.42. The number of hydrogen-bond acceptors (Lipinski definition) is 5. The normalized spacial score (nSPS) is 10.6. The highest BCUT2D eigenvalue weighted by atomic mass is 19.3. The first-order valence-electron chi connectivity index (χ1n) is 4.79. The van der Waals surface area contributed by atoms with Gasteiger partial charge in [-0.15, -0.1) is 0 Å². The minimum absolute atomic E-state index is 0.0177. The Hall–Kier alpha value is -1.83. The molecule has 0 amide bonds. The summed E-state index contributed by atoms with van der Waals surface area (Å²) < 4.78 is 24.5. The van der Waals surface area contributed by atoms with E-state index in [4.69, 9.17) is 5.11 Å². The highest BCUT2D eigenvalue weighted by Crippen LogP contribution is 2.17. The monoisotopic (exact) mass is 247 g/mol. The number of nitro groups is 1. The van der Waals surface area contributed by atoms with Crippen LogP contribution in [0.1, 0.15) is 0 Å². The summed E-state index contributed by atoms with van der Waals surface area (Å²) in [6.45, 7) is -0.826. The van der Waals surface area contributed by atoms with Crippen molar-refractivity contribution in [3.8, 4) is 0 Å². The van der Waals surface area contributed by atoms with Crippen LogP contribution < -0.4 is 4.90 Å². The summed E-state index contributed by atoms with van der Waals surface area (Å²) in [6, 6.07) is 2.45. The number of anilines is 1. The summed E-state index contributed by atoms with van der Waals surface area (Å²) in [5.74, 6) is -0.352. The summed E-state index contributed by atoms with van der Waals surface area (Å²) in [4.78, 5) is 14.4. The molecule has 0 aromatic carbocycles. The van der Waals surface area contributed by atoms with Crippen molar-refractivity contribution in [2.75, 3.05) is 24.6 Å². The molecule has 1 aromatic heterocycles. The van der Waals surface area contributed by atoms with Crippen molar-refractivity contribution in [1.29, 1.82) is 0 Å². The number of aliphatic hydroxyl groups is 1. The first-order chi connectivity index (χ1) is 8.04. The third-order valence-corrected chi connectivity index (χ3v) is 2.01. The molecule has 1 aromatic rings. The summed E-state index contributed by atoms with van der Waals surface area (Å²) >= 11 is 0. The minimum atomic E-state index is -2.56. The van der Waals surface area contributed by atoms with Gasteiger partial charge in [0.1, 0.15) is 0 Å². The van der Waals surface area contributed by atoms with E-state index in [1.807, 2.05) is 0 Å². The topological polar surface area (TPSA) is 79.5 Å². The number of aliphatic hydroxyl groups excluding tert-OH is 1. The molecule has 0 aliphatic carbocycles. The molecule has 94 valence electrons. The Morgan fingerprint density at radius 2 is 2.24 bits per heavy atom. The van der Waals surface area contributed by atoms with E-state index in [1.54, 1.807) is 0 Å². The lowest BCUT2D eigenvalue weighted by Gasteiger charge is -2.21. The fourth-order valence-corrected chi connectivity index (χ4v) is 1.29. The van der Waals surface area contributed by atoms with Crippen LogP contribution >= 0.6 is 0 Å². The molecule has 0 aliphatic rings. The van der Waals surface area contributed by atoms with E-state index in [0.717, 1.165) is 12.3 Å². The van der Waals surface area contributed by atoms with Crippen LogP contribution in [0.4, 0.5) is 20.3 Å². The van der Waals surface area contributed by atoms with Crippen LogP contribution in [0.2, 0.25) is 0 Å². The Balaban J connectivity index is 2.83. The van der Waals surface area contributed by atoms with Crippen LogP contribution in [0.25, 0.3) is 0 Å². The van der Waals surface area contributed by atoms with Gasteiger partial charge >= 0.3 is 5.82 Å². The largest absolute Gasteiger partial charge is 0.395 e. The second-order valence-electron chi connectivity index (χ2n) is 3.19. The van der Waals surface area contributed by atoms with Crippen molar-refractivity contribution in [1.82, 2.24) is 4.98 Å². The zero-order valence-corrected chi connectivity index (χ0v) is 8.79. The SMILES string of the molecule is O=[N+]([O-])c1ccc(N(CCO)CC(F)F)cn1. The maximum Gasteiger partial charge on any atom is 0.363 e. The molecule has 0 fully saturated rings. The first kappa shape index (κ1) is 13.2. The number of halogens is 2. The minimum Gasteiger partial charge on any atom is -0.395 e. The van der Waals surface area contributed by atoms with Gasteiger partial charge in [-0.3, -0.25) is 0 Å². The summed E-state index contributed by atoms with van der Waals surface area (Å²) in [5.41, 5.74) is 0.310. The molecule has 1 rings (SSSR count). The molecule has 1 N–H and O–H groups in total. The molecule has 0 bridgehead atoms. The van der Waals surface area contributed by atoms with Gasteiger partial charge in [0.15, 0.2) is 6.20 Å². The van der Waals surface area contributed by atoms with Gasteiger partial charge in [-0.25, -0.2) is 8.78 Å². The number of alkyl halides is 2. The number of aromatic nitrogens is 1. The summed E-state index contributed by atoms with van der Waals surface area (Å²) in [5, 5.41) is 19.1. The second kappa shape index (κ2) is 6.04. The van der Waals surface area contributed by atoms with E-state index in [9.17, 15) is 18.9 Å². The molecule has 0 saturated heterocycles. The first-order valence-corrected chi connectivity index (χ1v) is 4.79. The van der Waals surface area contributed by atoms with E-state index >= 15 is 0 Å². The predicted molar refractivity (Wildman–Crippen MR) is 56.2 cm³/mol. The Morgan fingerprint density at radius 3 is 2.65 bits per heavy atom. The fourth-order valence-electron chi connectivity index (χ4n) is 1.29. The van der Waals surface area contributed by atoms with Crippen molar-refractivity contribution in [3.63, 3.8) is 0 Å². The molecule has 0 spiro atoms. The Morgan fingerprint density at radius 1 is 1.53 bits per heavy atom. The molecule has 8 heteroatoms. The number of pyridine rings is 1. The van der Waals surface area contributed by atoms with Gasteiger partial charge in [-0.1, -0.05) is 0 Å². The van der Waals surface area contributed by atoms with Crippen LogP contribution in [-0.4, -0.2) is 41.1 Å². The van der Waals surface area contributed by atoms with Crippen LogP contribution in [-0.2, 0) is 0 Å². The molecular weight excluding hydrogens is 236 g/mol. The Labute approximate surface area is 95.6 Å². The number of rotatable bonds is 6. The Kier molecular flexibility index (Phi) is 4.70. The Bertz CT molecular complexity index is 372. The lowest BCUT2D eigenvalue weighted by atomic mass is 10.3. The maximum atomic E-state index is 12.2. The van der Waals surface area contributed by atoms with E-state index in [1.165, 1.54) is 11.0 Å². The van der Waals surface area contributed by atoms with Gasteiger partial charge in [-0.05, 0) is 16.0 Å². The highest BCUT2D eigenvalue weighted by Gasteiger charge is 2.15. The molecule has 1 heterocycles. The van der Waals surface area contributed by atoms with Crippen LogP contribution in [0.15, 0.2) is 18.3 Å². The second-order valence-corrected chi connectivity index (χ2v) is 3.19. The van der Waals surface area contributed by atoms with Crippen molar-refractivity contribution in [2.45, 2.75) is 6.43 Å². The van der Waals surface area contributed by atoms with Crippen LogP contribution in [0, 0.1) is 10.1 Å². The standard InChI is InChI=1S/C9H11F2N3O3/c10-8(11)6-13(3-4-15)7-1-2-9(12-5-7)14(16)17/h1-2,5,8,15H,3-4,6H2. The smallest absolute Gasteiger partial charge is 0.363 e. The van der Waals surface area contributed by atoms with Crippen LogP contribution in [0.3, 0.4) is 0 Å².